The molecule has 0 N–H and O–H groups in total. The van der Waals surface area contributed by atoms with Crippen LogP contribution in [0.2, 0.25) is 0 Å². The van der Waals surface area contributed by atoms with Crippen molar-refractivity contribution in [3.63, 3.8) is 0 Å². The Morgan fingerprint density at radius 3 is 2.45 bits per heavy atom. The summed E-state index contributed by atoms with van der Waals surface area (Å²) in [5, 5.41) is 0. The molecular weight excluding hydrogens is 274 g/mol. The highest BCUT2D eigenvalue weighted by Gasteiger charge is 2.14. The van der Waals surface area contributed by atoms with Gasteiger partial charge in [0.1, 0.15) is 5.69 Å². The number of nitrogens with zero attached hydrogens (tertiary/aromatic N) is 1. The molecule has 0 aliphatic carbocycles. The van der Waals surface area contributed by atoms with Gasteiger partial charge in [0.05, 0.1) is 7.11 Å². The summed E-state index contributed by atoms with van der Waals surface area (Å²) in [6.45, 7) is 0. The van der Waals surface area contributed by atoms with Crippen LogP contribution in [0.3, 0.4) is 0 Å². The summed E-state index contributed by atoms with van der Waals surface area (Å²) < 4.78 is 6.73. The Balaban J connectivity index is 2.02. The minimum atomic E-state index is -0.334. The van der Waals surface area contributed by atoms with E-state index in [9.17, 15) is 4.79 Å². The van der Waals surface area contributed by atoms with Gasteiger partial charge in [-0.3, -0.25) is 0 Å². The summed E-state index contributed by atoms with van der Waals surface area (Å²) in [5.41, 5.74) is 3.93. The van der Waals surface area contributed by atoms with Crippen molar-refractivity contribution in [2.45, 2.75) is 6.42 Å². The zero-order chi connectivity index (χ0) is 15.4. The van der Waals surface area contributed by atoms with E-state index in [1.165, 1.54) is 12.7 Å². The van der Waals surface area contributed by atoms with E-state index in [0.29, 0.717) is 5.69 Å². The van der Waals surface area contributed by atoms with E-state index in [2.05, 4.69) is 18.2 Å². The molecule has 0 fully saturated rings. The monoisotopic (exact) mass is 291 g/mol. The molecule has 0 bridgehead atoms. The average Bonchev–Trinajstić information content (AvgIpc) is 3.05. The third-order valence-corrected chi connectivity index (χ3v) is 3.63. The lowest BCUT2D eigenvalue weighted by atomic mass is 10.0. The van der Waals surface area contributed by atoms with Crippen LogP contribution in [0.4, 0.5) is 0 Å². The highest BCUT2D eigenvalue weighted by Crippen LogP contribution is 2.21. The lowest BCUT2D eigenvalue weighted by Crippen LogP contribution is -2.10. The van der Waals surface area contributed by atoms with Crippen molar-refractivity contribution in [1.29, 1.82) is 0 Å². The predicted octanol–water partition coefficient (Wildman–Crippen LogP) is 3.85. The molecule has 110 valence electrons. The number of esters is 1. The SMILES string of the molecule is COC(=O)c1cccn1-c1ccccc1Cc1ccccc1. The van der Waals surface area contributed by atoms with Gasteiger partial charge in [0, 0.05) is 11.9 Å². The Morgan fingerprint density at radius 1 is 0.955 bits per heavy atom. The van der Waals surface area contributed by atoms with Crippen LogP contribution in [0.25, 0.3) is 5.69 Å². The molecule has 3 aromatic rings. The quantitative estimate of drug-likeness (QED) is 0.684. The van der Waals surface area contributed by atoms with Crippen molar-refractivity contribution in [3.8, 4) is 5.69 Å². The number of ether oxygens (including phenoxy) is 1. The number of hydrogen-bond acceptors (Lipinski definition) is 2. The molecule has 0 saturated carbocycles. The number of benzene rings is 2. The van der Waals surface area contributed by atoms with Gasteiger partial charge in [-0.25, -0.2) is 4.79 Å². The smallest absolute Gasteiger partial charge is 0.355 e. The van der Waals surface area contributed by atoms with Gasteiger partial charge in [-0.2, -0.15) is 0 Å². The van der Waals surface area contributed by atoms with Crippen LogP contribution in [0.5, 0.6) is 0 Å². The molecule has 0 aliphatic rings. The Hall–Kier alpha value is -2.81. The van der Waals surface area contributed by atoms with Crippen molar-refractivity contribution < 1.29 is 9.53 Å². The van der Waals surface area contributed by atoms with E-state index in [0.717, 1.165) is 17.7 Å². The van der Waals surface area contributed by atoms with E-state index in [-0.39, 0.29) is 5.97 Å². The maximum atomic E-state index is 11.9. The zero-order valence-corrected chi connectivity index (χ0v) is 12.4. The molecule has 0 spiro atoms. The molecule has 0 saturated heterocycles. The first kappa shape index (κ1) is 14.1. The van der Waals surface area contributed by atoms with Gasteiger partial charge in [-0.1, -0.05) is 48.5 Å². The fraction of sp³-hybridized carbons (Fsp3) is 0.105. The van der Waals surface area contributed by atoms with Crippen LogP contribution in [-0.4, -0.2) is 17.6 Å². The molecule has 22 heavy (non-hydrogen) atoms. The second-order valence-corrected chi connectivity index (χ2v) is 5.05. The first-order valence-electron chi connectivity index (χ1n) is 7.17. The first-order valence-corrected chi connectivity index (χ1v) is 7.17. The van der Waals surface area contributed by atoms with Crippen molar-refractivity contribution in [2.24, 2.45) is 0 Å². The zero-order valence-electron chi connectivity index (χ0n) is 12.4. The Kier molecular flexibility index (Phi) is 4.05. The predicted molar refractivity (Wildman–Crippen MR) is 86.4 cm³/mol. The minimum absolute atomic E-state index is 0.334. The van der Waals surface area contributed by atoms with Gasteiger partial charge < -0.3 is 9.30 Å². The molecule has 0 aliphatic heterocycles. The van der Waals surface area contributed by atoms with Crippen LogP contribution in [0.15, 0.2) is 72.9 Å². The number of rotatable bonds is 4. The van der Waals surface area contributed by atoms with Crippen LogP contribution >= 0.6 is 0 Å². The van der Waals surface area contributed by atoms with Crippen LogP contribution in [-0.2, 0) is 11.2 Å². The number of methoxy groups -OCH3 is 1. The molecule has 2 aromatic carbocycles. The molecule has 0 amide bonds. The van der Waals surface area contributed by atoms with Gasteiger partial charge in [-0.05, 0) is 35.7 Å². The van der Waals surface area contributed by atoms with E-state index in [1.54, 1.807) is 6.07 Å². The molecule has 1 aromatic heterocycles. The summed E-state index contributed by atoms with van der Waals surface area (Å²) in [7, 11) is 1.40. The third-order valence-electron chi connectivity index (χ3n) is 3.63. The normalized spacial score (nSPS) is 10.4. The molecule has 0 radical (unpaired) electrons. The van der Waals surface area contributed by atoms with Crippen LogP contribution in [0.1, 0.15) is 21.6 Å². The van der Waals surface area contributed by atoms with Gasteiger partial charge in [0.25, 0.3) is 0 Å². The van der Waals surface area contributed by atoms with Gasteiger partial charge >= 0.3 is 5.97 Å². The van der Waals surface area contributed by atoms with Crippen molar-refractivity contribution in [3.05, 3.63) is 89.7 Å². The van der Waals surface area contributed by atoms with E-state index in [4.69, 9.17) is 4.74 Å². The van der Waals surface area contributed by atoms with Crippen LogP contribution < -0.4 is 0 Å². The Bertz CT molecular complexity index is 775. The molecule has 0 atom stereocenters. The molecule has 3 heteroatoms. The molecular formula is C19H17NO2. The average molecular weight is 291 g/mol. The minimum Gasteiger partial charge on any atom is -0.464 e. The summed E-state index contributed by atoms with van der Waals surface area (Å²) >= 11 is 0. The summed E-state index contributed by atoms with van der Waals surface area (Å²) in [6, 6.07) is 22.0. The lowest BCUT2D eigenvalue weighted by molar-refractivity contribution is 0.0591. The number of carbonyl (C=O) groups is 1. The lowest BCUT2D eigenvalue weighted by Gasteiger charge is -2.13. The maximum Gasteiger partial charge on any atom is 0.355 e. The number of hydrogen-bond donors (Lipinski definition) is 0. The van der Waals surface area contributed by atoms with Crippen molar-refractivity contribution in [1.82, 2.24) is 4.57 Å². The molecule has 1 heterocycles. The number of carbonyl (C=O) groups excluding carboxylic acids is 1. The fourth-order valence-electron chi connectivity index (χ4n) is 2.57. The maximum absolute atomic E-state index is 11.9. The second kappa shape index (κ2) is 6.31. The number of aromatic nitrogens is 1. The van der Waals surface area contributed by atoms with Crippen molar-refractivity contribution >= 4 is 5.97 Å². The standard InChI is InChI=1S/C19H17NO2/c1-22-19(21)18-12-7-13-20(18)17-11-6-5-10-16(17)14-15-8-3-2-4-9-15/h2-13H,14H2,1H3. The summed E-state index contributed by atoms with van der Waals surface area (Å²) in [6.07, 6.45) is 2.70. The van der Waals surface area contributed by atoms with Gasteiger partial charge in [0.15, 0.2) is 0 Å². The Morgan fingerprint density at radius 2 is 1.68 bits per heavy atom. The van der Waals surface area contributed by atoms with E-state index < -0.39 is 0 Å². The first-order chi connectivity index (χ1) is 10.8. The highest BCUT2D eigenvalue weighted by atomic mass is 16.5. The highest BCUT2D eigenvalue weighted by molar-refractivity contribution is 5.88. The topological polar surface area (TPSA) is 31.2 Å². The summed E-state index contributed by atoms with van der Waals surface area (Å²) in [4.78, 5) is 11.9. The van der Waals surface area contributed by atoms with E-state index in [1.807, 2.05) is 53.2 Å². The van der Waals surface area contributed by atoms with Crippen molar-refractivity contribution in [2.75, 3.05) is 7.11 Å². The van der Waals surface area contributed by atoms with Gasteiger partial charge in [-0.15, -0.1) is 0 Å². The summed E-state index contributed by atoms with van der Waals surface area (Å²) in [5.74, 6) is -0.334. The van der Waals surface area contributed by atoms with Gasteiger partial charge in [0.2, 0.25) is 0 Å². The van der Waals surface area contributed by atoms with Crippen LogP contribution in [0, 0.1) is 0 Å². The number of para-hydroxylation sites is 1. The third kappa shape index (κ3) is 2.79. The molecule has 0 unspecified atom stereocenters. The fourth-order valence-corrected chi connectivity index (χ4v) is 2.57. The Labute approximate surface area is 129 Å². The second-order valence-electron chi connectivity index (χ2n) is 5.05. The largest absolute Gasteiger partial charge is 0.464 e. The molecule has 3 rings (SSSR count). The van der Waals surface area contributed by atoms with E-state index >= 15 is 0 Å². The molecule has 3 nitrogen and oxygen atoms in total.